The van der Waals surface area contributed by atoms with Crippen LogP contribution in [0.3, 0.4) is 0 Å². The third kappa shape index (κ3) is 6.67. The molecule has 0 spiro atoms. The van der Waals surface area contributed by atoms with Crippen molar-refractivity contribution in [2.24, 2.45) is 0 Å². The van der Waals surface area contributed by atoms with Gasteiger partial charge in [-0.25, -0.2) is 0 Å². The van der Waals surface area contributed by atoms with E-state index in [4.69, 9.17) is 23.2 Å². The van der Waals surface area contributed by atoms with E-state index >= 15 is 0 Å². The van der Waals surface area contributed by atoms with Crippen molar-refractivity contribution < 1.29 is 9.59 Å². The number of nitrogens with one attached hydrogen (secondary N) is 2. The molecule has 0 aliphatic heterocycles. The molecule has 0 aliphatic carbocycles. The fourth-order valence-electron chi connectivity index (χ4n) is 3.43. The molecule has 2 N–H and O–H groups in total. The Morgan fingerprint density at radius 2 is 1.54 bits per heavy atom. The zero-order valence-electron chi connectivity index (χ0n) is 18.8. The number of hydrogen-bond acceptors (Lipinski definition) is 3. The molecule has 4 aromatic rings. The summed E-state index contributed by atoms with van der Waals surface area (Å²) < 4.78 is 0. The molecule has 1 atom stereocenters. The van der Waals surface area contributed by atoms with Gasteiger partial charge in [0.15, 0.2) is 0 Å². The van der Waals surface area contributed by atoms with Gasteiger partial charge in [-0.15, -0.1) is 11.8 Å². The molecule has 4 aromatic carbocycles. The van der Waals surface area contributed by atoms with Gasteiger partial charge in [0.05, 0.1) is 10.7 Å². The number of aryl methyl sites for hydroxylation is 1. The molecule has 0 fully saturated rings. The minimum Gasteiger partial charge on any atom is -0.323 e. The largest absolute Gasteiger partial charge is 0.323 e. The van der Waals surface area contributed by atoms with Crippen LogP contribution >= 0.6 is 35.0 Å². The lowest BCUT2D eigenvalue weighted by molar-refractivity contribution is -0.115. The molecule has 4 rings (SSSR count). The normalized spacial score (nSPS) is 11.5. The summed E-state index contributed by atoms with van der Waals surface area (Å²) in [5.74, 6) is -0.377. The zero-order valence-corrected chi connectivity index (χ0v) is 21.1. The van der Waals surface area contributed by atoms with Crippen molar-refractivity contribution in [2.45, 2.75) is 17.1 Å². The molecule has 0 aromatic heterocycles. The highest BCUT2D eigenvalue weighted by Gasteiger charge is 2.23. The third-order valence-corrected chi connectivity index (χ3v) is 6.99. The van der Waals surface area contributed by atoms with Crippen LogP contribution < -0.4 is 10.6 Å². The smallest absolute Gasteiger partial charge is 0.255 e. The van der Waals surface area contributed by atoms with E-state index in [9.17, 15) is 9.59 Å². The first kappa shape index (κ1) is 24.9. The Bertz CT molecular complexity index is 1340. The number of carbonyl (C=O) groups is 2. The van der Waals surface area contributed by atoms with Crippen molar-refractivity contribution in [3.63, 3.8) is 0 Å². The fraction of sp³-hybridized carbons (Fsp3) is 0.0714. The zero-order chi connectivity index (χ0) is 24.8. The molecule has 0 heterocycles. The van der Waals surface area contributed by atoms with E-state index in [1.54, 1.807) is 24.3 Å². The van der Waals surface area contributed by atoms with Crippen LogP contribution in [0.15, 0.2) is 102 Å². The number of halogens is 2. The van der Waals surface area contributed by atoms with Crippen molar-refractivity contribution >= 4 is 58.2 Å². The first-order chi connectivity index (χ1) is 16.9. The minimum absolute atomic E-state index is 0.171. The Morgan fingerprint density at radius 3 is 2.23 bits per heavy atom. The van der Waals surface area contributed by atoms with Crippen molar-refractivity contribution in [3.05, 3.63) is 124 Å². The topological polar surface area (TPSA) is 58.2 Å². The van der Waals surface area contributed by atoms with Gasteiger partial charge in [0, 0.05) is 21.2 Å². The van der Waals surface area contributed by atoms with E-state index in [2.05, 4.69) is 10.6 Å². The quantitative estimate of drug-likeness (QED) is 0.242. The highest BCUT2D eigenvalue weighted by molar-refractivity contribution is 8.00. The third-order valence-electron chi connectivity index (χ3n) is 5.18. The molecule has 0 saturated heterocycles. The van der Waals surface area contributed by atoms with Crippen LogP contribution in [0, 0.1) is 6.92 Å². The van der Waals surface area contributed by atoms with E-state index in [-0.39, 0.29) is 11.8 Å². The van der Waals surface area contributed by atoms with Crippen LogP contribution in [0.4, 0.5) is 11.4 Å². The molecular weight excluding hydrogens is 499 g/mol. The summed E-state index contributed by atoms with van der Waals surface area (Å²) in [4.78, 5) is 26.7. The standard InChI is InChI=1S/C28H22Cl2N2O2S/c1-18-6-5-9-20(16-18)27(33)31-22-11-13-23(14-12-22)35-26(19-7-3-2-4-8-19)28(34)32-25-15-10-21(29)17-24(25)30/h2-17,26H,1H3,(H,31,33)(H,32,34). The number of thioether (sulfide) groups is 1. The SMILES string of the molecule is Cc1cccc(C(=O)Nc2ccc(SC(C(=O)Nc3ccc(Cl)cc3Cl)c3ccccc3)cc2)c1. The second-order valence-corrected chi connectivity index (χ2v) is 9.89. The first-order valence-electron chi connectivity index (χ1n) is 10.8. The number of anilines is 2. The van der Waals surface area contributed by atoms with E-state index in [1.807, 2.05) is 79.7 Å². The lowest BCUT2D eigenvalue weighted by atomic mass is 10.1. The highest BCUT2D eigenvalue weighted by atomic mass is 35.5. The Hall–Kier alpha value is -3.25. The summed E-state index contributed by atoms with van der Waals surface area (Å²) in [6.45, 7) is 1.95. The Kier molecular flexibility index (Phi) is 8.13. The molecule has 1 unspecified atom stereocenters. The van der Waals surface area contributed by atoms with Crippen LogP contribution in [-0.2, 0) is 4.79 Å². The number of carbonyl (C=O) groups excluding carboxylic acids is 2. The van der Waals surface area contributed by atoms with Crippen LogP contribution in [0.5, 0.6) is 0 Å². The Balaban J connectivity index is 1.50. The van der Waals surface area contributed by atoms with E-state index in [1.165, 1.54) is 11.8 Å². The predicted octanol–water partition coefficient (Wildman–Crippen LogP) is 8.03. The van der Waals surface area contributed by atoms with Gasteiger partial charge in [-0.05, 0) is 67.1 Å². The Morgan fingerprint density at radius 1 is 0.800 bits per heavy atom. The van der Waals surface area contributed by atoms with Crippen molar-refractivity contribution in [1.82, 2.24) is 0 Å². The maximum Gasteiger partial charge on any atom is 0.255 e. The predicted molar refractivity (Wildman–Crippen MR) is 146 cm³/mol. The molecule has 0 bridgehead atoms. The highest BCUT2D eigenvalue weighted by Crippen LogP contribution is 2.37. The summed E-state index contributed by atoms with van der Waals surface area (Å²) in [6, 6.07) is 29.3. The van der Waals surface area contributed by atoms with E-state index < -0.39 is 5.25 Å². The van der Waals surface area contributed by atoms with Gasteiger partial charge in [-0.3, -0.25) is 9.59 Å². The molecule has 0 radical (unpaired) electrons. The molecule has 0 saturated carbocycles. The average molecular weight is 521 g/mol. The lowest BCUT2D eigenvalue weighted by Crippen LogP contribution is -2.19. The molecule has 7 heteroatoms. The summed E-state index contributed by atoms with van der Waals surface area (Å²) >= 11 is 13.6. The minimum atomic E-state index is -0.518. The maximum atomic E-state index is 13.3. The van der Waals surface area contributed by atoms with E-state index in [0.29, 0.717) is 27.0 Å². The second kappa shape index (κ2) is 11.5. The fourth-order valence-corrected chi connectivity index (χ4v) is 4.91. The number of benzene rings is 4. The molecule has 35 heavy (non-hydrogen) atoms. The van der Waals surface area contributed by atoms with Crippen LogP contribution in [-0.4, -0.2) is 11.8 Å². The first-order valence-corrected chi connectivity index (χ1v) is 12.5. The summed E-state index contributed by atoms with van der Waals surface area (Å²) in [5, 5.41) is 6.17. The van der Waals surface area contributed by atoms with Crippen LogP contribution in [0.2, 0.25) is 10.0 Å². The second-order valence-electron chi connectivity index (χ2n) is 7.87. The van der Waals surface area contributed by atoms with Gasteiger partial charge < -0.3 is 10.6 Å². The molecular formula is C28H22Cl2N2O2S. The summed E-state index contributed by atoms with van der Waals surface area (Å²) in [6.07, 6.45) is 0. The monoisotopic (exact) mass is 520 g/mol. The van der Waals surface area contributed by atoms with Gasteiger partial charge in [-0.2, -0.15) is 0 Å². The number of rotatable bonds is 7. The van der Waals surface area contributed by atoms with Crippen molar-refractivity contribution in [1.29, 1.82) is 0 Å². The molecule has 4 nitrogen and oxygen atoms in total. The van der Waals surface area contributed by atoms with Crippen LogP contribution in [0.1, 0.15) is 26.7 Å². The van der Waals surface area contributed by atoms with Crippen molar-refractivity contribution in [3.8, 4) is 0 Å². The van der Waals surface area contributed by atoms with Gasteiger partial charge in [-0.1, -0.05) is 71.2 Å². The van der Waals surface area contributed by atoms with Gasteiger partial charge in [0.25, 0.3) is 5.91 Å². The number of amides is 2. The number of hydrogen-bond donors (Lipinski definition) is 2. The van der Waals surface area contributed by atoms with Gasteiger partial charge >= 0.3 is 0 Å². The summed E-state index contributed by atoms with van der Waals surface area (Å²) in [7, 11) is 0. The van der Waals surface area contributed by atoms with Crippen molar-refractivity contribution in [2.75, 3.05) is 10.6 Å². The lowest BCUT2D eigenvalue weighted by Gasteiger charge is -2.18. The van der Waals surface area contributed by atoms with Gasteiger partial charge in [0.2, 0.25) is 5.91 Å². The molecule has 176 valence electrons. The average Bonchev–Trinajstić information content (AvgIpc) is 2.85. The van der Waals surface area contributed by atoms with E-state index in [0.717, 1.165) is 16.0 Å². The molecule has 2 amide bonds. The van der Waals surface area contributed by atoms with Gasteiger partial charge in [0.1, 0.15) is 5.25 Å². The summed E-state index contributed by atoms with van der Waals surface area (Å²) in [5.41, 5.74) is 3.66. The Labute approximate surface area is 218 Å². The van der Waals surface area contributed by atoms with Crippen LogP contribution in [0.25, 0.3) is 0 Å². The maximum absolute atomic E-state index is 13.3. The molecule has 0 aliphatic rings.